The summed E-state index contributed by atoms with van der Waals surface area (Å²) >= 11 is 0. The normalized spacial score (nSPS) is 10.8. The summed E-state index contributed by atoms with van der Waals surface area (Å²) in [6.07, 6.45) is 0.137. The fourth-order valence-corrected chi connectivity index (χ4v) is 2.07. The highest BCUT2D eigenvalue weighted by molar-refractivity contribution is 5.32. The molecule has 21 heavy (non-hydrogen) atoms. The fourth-order valence-electron chi connectivity index (χ4n) is 2.07. The lowest BCUT2D eigenvalue weighted by atomic mass is 10.0. The first-order chi connectivity index (χ1) is 9.95. The van der Waals surface area contributed by atoms with Gasteiger partial charge in [0, 0.05) is 0 Å². The number of aryl methyl sites for hydroxylation is 3. The van der Waals surface area contributed by atoms with Crippen LogP contribution in [0.3, 0.4) is 0 Å². The van der Waals surface area contributed by atoms with Crippen LogP contribution in [0.5, 0.6) is 5.75 Å². The van der Waals surface area contributed by atoms with Gasteiger partial charge in [-0.05, 0) is 42.5 Å². The summed E-state index contributed by atoms with van der Waals surface area (Å²) in [6, 6.07) is 5.59. The molecule has 2 aromatic carbocycles. The third kappa shape index (κ3) is 3.01. The summed E-state index contributed by atoms with van der Waals surface area (Å²) in [7, 11) is 1.24. The maximum absolute atomic E-state index is 13.8. The van der Waals surface area contributed by atoms with Crippen molar-refractivity contribution >= 4 is 0 Å². The molecule has 0 saturated heterocycles. The van der Waals surface area contributed by atoms with E-state index in [1.54, 1.807) is 0 Å². The van der Waals surface area contributed by atoms with Crippen molar-refractivity contribution in [1.29, 1.82) is 0 Å². The van der Waals surface area contributed by atoms with Gasteiger partial charge in [0.25, 0.3) is 0 Å². The molecule has 0 unspecified atom stereocenters. The molecular formula is C16H14F4O. The van der Waals surface area contributed by atoms with E-state index in [2.05, 4.69) is 4.74 Å². The van der Waals surface area contributed by atoms with Gasteiger partial charge in [-0.3, -0.25) is 0 Å². The highest BCUT2D eigenvalue weighted by Crippen LogP contribution is 2.24. The van der Waals surface area contributed by atoms with E-state index in [4.69, 9.17) is 0 Å². The molecule has 0 saturated carbocycles. The molecule has 0 atom stereocenters. The van der Waals surface area contributed by atoms with Gasteiger partial charge < -0.3 is 4.74 Å². The van der Waals surface area contributed by atoms with Crippen LogP contribution in [-0.4, -0.2) is 7.11 Å². The number of halogens is 4. The minimum Gasteiger partial charge on any atom is -0.494 e. The summed E-state index contributed by atoms with van der Waals surface area (Å²) in [5.74, 6) is -4.14. The summed E-state index contributed by atoms with van der Waals surface area (Å²) in [5, 5.41) is 0. The lowest BCUT2D eigenvalue weighted by molar-refractivity contribution is 0.370. The van der Waals surface area contributed by atoms with Crippen molar-refractivity contribution in [2.45, 2.75) is 19.8 Å². The van der Waals surface area contributed by atoms with Crippen molar-refractivity contribution in [2.75, 3.05) is 7.11 Å². The van der Waals surface area contributed by atoms with Gasteiger partial charge in [-0.2, -0.15) is 4.39 Å². The smallest absolute Gasteiger partial charge is 0.200 e. The Hall–Kier alpha value is -2.04. The zero-order chi connectivity index (χ0) is 15.6. The van der Waals surface area contributed by atoms with E-state index in [1.807, 2.05) is 0 Å². The molecule has 0 spiro atoms. The Bertz CT molecular complexity index is 668. The Kier molecular flexibility index (Phi) is 4.50. The first-order valence-electron chi connectivity index (χ1n) is 6.40. The van der Waals surface area contributed by atoms with E-state index >= 15 is 0 Å². The molecule has 112 valence electrons. The van der Waals surface area contributed by atoms with Gasteiger partial charge in [-0.15, -0.1) is 0 Å². The van der Waals surface area contributed by atoms with E-state index in [9.17, 15) is 17.6 Å². The number of benzene rings is 2. The van der Waals surface area contributed by atoms with Crippen LogP contribution in [0.4, 0.5) is 17.6 Å². The molecule has 0 fully saturated rings. The van der Waals surface area contributed by atoms with Crippen molar-refractivity contribution in [2.24, 2.45) is 0 Å². The molecule has 0 aliphatic heterocycles. The molecule has 0 aliphatic carbocycles. The van der Waals surface area contributed by atoms with Crippen molar-refractivity contribution in [3.8, 4) is 5.75 Å². The lowest BCUT2D eigenvalue weighted by Crippen LogP contribution is -2.02. The van der Waals surface area contributed by atoms with Gasteiger partial charge in [0.05, 0.1) is 7.11 Å². The number of rotatable bonds is 4. The Morgan fingerprint density at radius 1 is 0.762 bits per heavy atom. The third-order valence-electron chi connectivity index (χ3n) is 3.37. The highest BCUT2D eigenvalue weighted by Gasteiger charge is 2.15. The van der Waals surface area contributed by atoms with Crippen LogP contribution >= 0.6 is 0 Å². The van der Waals surface area contributed by atoms with E-state index in [0.29, 0.717) is 0 Å². The zero-order valence-electron chi connectivity index (χ0n) is 11.6. The molecule has 0 N–H and O–H groups in total. The predicted molar refractivity (Wildman–Crippen MR) is 71.4 cm³/mol. The first kappa shape index (κ1) is 15.4. The topological polar surface area (TPSA) is 9.23 Å². The van der Waals surface area contributed by atoms with Crippen molar-refractivity contribution in [3.05, 3.63) is 64.2 Å². The van der Waals surface area contributed by atoms with E-state index < -0.39 is 23.3 Å². The standard InChI is InChI=1S/C16H14F4O/c1-9-3-4-10(14(18)13(9)17)5-6-11-7-8-12(21-2)16(20)15(11)19/h3-4,7-8H,5-6H2,1-2H3. The van der Waals surface area contributed by atoms with Gasteiger partial charge in [0.2, 0.25) is 5.82 Å². The average molecular weight is 298 g/mol. The maximum Gasteiger partial charge on any atom is 0.200 e. The van der Waals surface area contributed by atoms with Gasteiger partial charge in [-0.1, -0.05) is 18.2 Å². The predicted octanol–water partition coefficient (Wildman–Crippen LogP) is 4.35. The minimum atomic E-state index is -1.08. The van der Waals surface area contributed by atoms with Crippen LogP contribution in [0.1, 0.15) is 16.7 Å². The molecule has 0 aliphatic rings. The molecule has 5 heteroatoms. The SMILES string of the molecule is COc1ccc(CCc2ccc(C)c(F)c2F)c(F)c1F. The van der Waals surface area contributed by atoms with E-state index in [0.717, 1.165) is 0 Å². The van der Waals surface area contributed by atoms with Crippen LogP contribution in [0.25, 0.3) is 0 Å². The van der Waals surface area contributed by atoms with Gasteiger partial charge in [0.15, 0.2) is 23.2 Å². The van der Waals surface area contributed by atoms with Gasteiger partial charge >= 0.3 is 0 Å². The third-order valence-corrected chi connectivity index (χ3v) is 3.37. The summed E-state index contributed by atoms with van der Waals surface area (Å²) < 4.78 is 59.1. The molecule has 0 aromatic heterocycles. The molecule has 0 bridgehead atoms. The number of hydrogen-bond acceptors (Lipinski definition) is 1. The number of ether oxygens (including phenoxy) is 1. The second-order valence-electron chi connectivity index (χ2n) is 4.72. The van der Waals surface area contributed by atoms with Crippen molar-refractivity contribution in [3.63, 3.8) is 0 Å². The molecule has 2 aromatic rings. The lowest BCUT2D eigenvalue weighted by Gasteiger charge is -2.09. The van der Waals surface area contributed by atoms with Crippen LogP contribution in [0, 0.1) is 30.2 Å². The van der Waals surface area contributed by atoms with Gasteiger partial charge in [0.1, 0.15) is 0 Å². The van der Waals surface area contributed by atoms with Crippen LogP contribution in [0.2, 0.25) is 0 Å². The minimum absolute atomic E-state index is 0.0617. The van der Waals surface area contributed by atoms with Crippen LogP contribution in [0.15, 0.2) is 24.3 Å². The van der Waals surface area contributed by atoms with Crippen molar-refractivity contribution in [1.82, 2.24) is 0 Å². The van der Waals surface area contributed by atoms with Crippen molar-refractivity contribution < 1.29 is 22.3 Å². The molecule has 0 radical (unpaired) electrons. The molecular weight excluding hydrogens is 284 g/mol. The number of hydrogen-bond donors (Lipinski definition) is 0. The fraction of sp³-hybridized carbons (Fsp3) is 0.250. The Balaban J connectivity index is 2.21. The second-order valence-corrected chi connectivity index (χ2v) is 4.72. The Morgan fingerprint density at radius 2 is 1.29 bits per heavy atom. The maximum atomic E-state index is 13.8. The molecule has 2 rings (SSSR count). The van der Waals surface area contributed by atoms with E-state index in [-0.39, 0.29) is 35.3 Å². The van der Waals surface area contributed by atoms with Gasteiger partial charge in [-0.25, -0.2) is 13.2 Å². The average Bonchev–Trinajstić information content (AvgIpc) is 2.48. The molecule has 0 heterocycles. The quantitative estimate of drug-likeness (QED) is 0.763. The molecule has 0 amide bonds. The van der Waals surface area contributed by atoms with Crippen LogP contribution in [-0.2, 0) is 12.8 Å². The van der Waals surface area contributed by atoms with Crippen LogP contribution < -0.4 is 4.74 Å². The highest BCUT2D eigenvalue weighted by atomic mass is 19.2. The molecule has 1 nitrogen and oxygen atoms in total. The summed E-state index contributed by atoms with van der Waals surface area (Å²) in [4.78, 5) is 0. The Labute approximate surface area is 120 Å². The van der Waals surface area contributed by atoms with E-state index in [1.165, 1.54) is 38.3 Å². The summed E-state index contributed by atoms with van der Waals surface area (Å²) in [5.41, 5.74) is 0.431. The number of methoxy groups -OCH3 is 1. The largest absolute Gasteiger partial charge is 0.494 e. The summed E-state index contributed by atoms with van der Waals surface area (Å²) in [6.45, 7) is 1.46. The Morgan fingerprint density at radius 3 is 1.86 bits per heavy atom. The zero-order valence-corrected chi connectivity index (χ0v) is 11.6. The second kappa shape index (κ2) is 6.16. The first-order valence-corrected chi connectivity index (χ1v) is 6.40. The monoisotopic (exact) mass is 298 g/mol.